The van der Waals surface area contributed by atoms with Gasteiger partial charge in [0.2, 0.25) is 0 Å². The van der Waals surface area contributed by atoms with E-state index in [0.717, 1.165) is 31.7 Å². The molecule has 1 aromatic heterocycles. The molecule has 1 aliphatic heterocycles. The molecule has 1 N–H and O–H groups in total. The van der Waals surface area contributed by atoms with Crippen LogP contribution in [0.4, 0.5) is 5.82 Å². The number of hydrogen-bond donors (Lipinski definition) is 1. The Balaban J connectivity index is 2.20. The van der Waals surface area contributed by atoms with Gasteiger partial charge in [-0.1, -0.05) is 0 Å². The number of rotatable bonds is 4. The van der Waals surface area contributed by atoms with Gasteiger partial charge < -0.3 is 10.2 Å². The largest absolute Gasteiger partial charge is 0.351 e. The van der Waals surface area contributed by atoms with Crippen molar-refractivity contribution in [2.24, 2.45) is 0 Å². The number of anilines is 1. The molecule has 1 saturated heterocycles. The van der Waals surface area contributed by atoms with Crippen molar-refractivity contribution < 1.29 is 0 Å². The van der Waals surface area contributed by atoms with Gasteiger partial charge in [0, 0.05) is 25.0 Å². The molecular formula is C13H19N5. The SMILES string of the molecule is CNCCC1CCCCN1c1nccnc1C#N. The molecule has 1 fully saturated rings. The zero-order valence-electron chi connectivity index (χ0n) is 10.8. The number of nitrogens with one attached hydrogen (secondary N) is 1. The lowest BCUT2D eigenvalue weighted by atomic mass is 9.99. The highest BCUT2D eigenvalue weighted by Gasteiger charge is 2.25. The fraction of sp³-hybridized carbons (Fsp3) is 0.615. The van der Waals surface area contributed by atoms with E-state index in [1.54, 1.807) is 12.4 Å². The average molecular weight is 245 g/mol. The minimum atomic E-state index is 0.439. The maximum Gasteiger partial charge on any atom is 0.183 e. The van der Waals surface area contributed by atoms with E-state index >= 15 is 0 Å². The molecular weight excluding hydrogens is 226 g/mol. The average Bonchev–Trinajstić information content (AvgIpc) is 2.45. The lowest BCUT2D eigenvalue weighted by Gasteiger charge is -2.36. The third-order valence-corrected chi connectivity index (χ3v) is 3.41. The van der Waals surface area contributed by atoms with Gasteiger partial charge in [-0.2, -0.15) is 5.26 Å². The van der Waals surface area contributed by atoms with E-state index in [-0.39, 0.29) is 0 Å². The minimum absolute atomic E-state index is 0.439. The topological polar surface area (TPSA) is 64.8 Å². The lowest BCUT2D eigenvalue weighted by Crippen LogP contribution is -2.42. The predicted molar refractivity (Wildman–Crippen MR) is 70.3 cm³/mol. The molecule has 5 heteroatoms. The van der Waals surface area contributed by atoms with Crippen molar-refractivity contribution in [1.82, 2.24) is 15.3 Å². The summed E-state index contributed by atoms with van der Waals surface area (Å²) in [6, 6.07) is 2.61. The van der Waals surface area contributed by atoms with Gasteiger partial charge in [-0.3, -0.25) is 0 Å². The van der Waals surface area contributed by atoms with E-state index in [2.05, 4.69) is 26.3 Å². The molecule has 2 heterocycles. The summed E-state index contributed by atoms with van der Waals surface area (Å²) in [7, 11) is 1.97. The molecule has 5 nitrogen and oxygen atoms in total. The maximum atomic E-state index is 9.12. The van der Waals surface area contributed by atoms with Crippen LogP contribution in [0.3, 0.4) is 0 Å². The summed E-state index contributed by atoms with van der Waals surface area (Å²) in [4.78, 5) is 10.7. The first-order valence-electron chi connectivity index (χ1n) is 6.49. The summed E-state index contributed by atoms with van der Waals surface area (Å²) in [5, 5.41) is 12.3. The Kier molecular flexibility index (Phi) is 4.48. The Bertz CT molecular complexity index is 426. The molecule has 1 unspecified atom stereocenters. The molecule has 0 amide bonds. The molecule has 18 heavy (non-hydrogen) atoms. The van der Waals surface area contributed by atoms with Crippen LogP contribution >= 0.6 is 0 Å². The Labute approximate surface area is 108 Å². The summed E-state index contributed by atoms with van der Waals surface area (Å²) in [5.41, 5.74) is 0.439. The Hall–Kier alpha value is -1.67. The van der Waals surface area contributed by atoms with E-state index in [1.165, 1.54) is 12.8 Å². The molecule has 0 aliphatic carbocycles. The van der Waals surface area contributed by atoms with Gasteiger partial charge in [-0.25, -0.2) is 9.97 Å². The van der Waals surface area contributed by atoms with Gasteiger partial charge >= 0.3 is 0 Å². The number of piperidine rings is 1. The molecule has 2 rings (SSSR count). The van der Waals surface area contributed by atoms with Crippen LogP contribution < -0.4 is 10.2 Å². The molecule has 96 valence electrons. The molecule has 0 radical (unpaired) electrons. The van der Waals surface area contributed by atoms with Crippen LogP contribution in [0.25, 0.3) is 0 Å². The van der Waals surface area contributed by atoms with Gasteiger partial charge in [0.15, 0.2) is 11.5 Å². The van der Waals surface area contributed by atoms with Gasteiger partial charge in [-0.05, 0) is 39.3 Å². The van der Waals surface area contributed by atoms with Crippen LogP contribution in [0, 0.1) is 11.3 Å². The lowest BCUT2D eigenvalue weighted by molar-refractivity contribution is 0.430. The van der Waals surface area contributed by atoms with E-state index in [4.69, 9.17) is 5.26 Å². The standard InChI is InChI=1S/C13H19N5/c1-15-6-5-11-4-2-3-9-18(11)13-12(10-14)16-7-8-17-13/h7-8,11,15H,2-6,9H2,1H3. The van der Waals surface area contributed by atoms with Gasteiger partial charge in [0.25, 0.3) is 0 Å². The van der Waals surface area contributed by atoms with Gasteiger partial charge in [0.1, 0.15) is 6.07 Å². The van der Waals surface area contributed by atoms with E-state index in [0.29, 0.717) is 11.7 Å². The van der Waals surface area contributed by atoms with Crippen molar-refractivity contribution in [2.45, 2.75) is 31.7 Å². The number of hydrogen-bond acceptors (Lipinski definition) is 5. The highest BCUT2D eigenvalue weighted by atomic mass is 15.2. The van der Waals surface area contributed by atoms with Crippen LogP contribution in [0.15, 0.2) is 12.4 Å². The first kappa shape index (κ1) is 12.8. The first-order chi connectivity index (χ1) is 8.86. The summed E-state index contributed by atoms with van der Waals surface area (Å²) >= 11 is 0. The van der Waals surface area contributed by atoms with Crippen molar-refractivity contribution in [1.29, 1.82) is 5.26 Å². The quantitative estimate of drug-likeness (QED) is 0.866. The van der Waals surface area contributed by atoms with E-state index < -0.39 is 0 Å². The molecule has 0 aromatic carbocycles. The Morgan fingerprint density at radius 2 is 2.28 bits per heavy atom. The van der Waals surface area contributed by atoms with Crippen molar-refractivity contribution in [3.63, 3.8) is 0 Å². The van der Waals surface area contributed by atoms with Crippen LogP contribution in [0.5, 0.6) is 0 Å². The molecule has 0 bridgehead atoms. The highest BCUT2D eigenvalue weighted by Crippen LogP contribution is 2.26. The first-order valence-corrected chi connectivity index (χ1v) is 6.49. The number of aromatic nitrogens is 2. The third-order valence-electron chi connectivity index (χ3n) is 3.41. The van der Waals surface area contributed by atoms with Crippen molar-refractivity contribution in [3.05, 3.63) is 18.1 Å². The highest BCUT2D eigenvalue weighted by molar-refractivity contribution is 5.50. The smallest absolute Gasteiger partial charge is 0.183 e. The molecule has 0 spiro atoms. The summed E-state index contributed by atoms with van der Waals surface area (Å²) < 4.78 is 0. The van der Waals surface area contributed by atoms with Crippen LogP contribution in [0.1, 0.15) is 31.4 Å². The molecule has 1 atom stereocenters. The normalized spacial score (nSPS) is 19.6. The summed E-state index contributed by atoms with van der Waals surface area (Å²) in [6.45, 7) is 1.96. The van der Waals surface area contributed by atoms with Crippen molar-refractivity contribution >= 4 is 5.82 Å². The zero-order chi connectivity index (χ0) is 12.8. The Morgan fingerprint density at radius 3 is 3.06 bits per heavy atom. The van der Waals surface area contributed by atoms with E-state index in [1.807, 2.05) is 7.05 Å². The zero-order valence-corrected chi connectivity index (χ0v) is 10.8. The number of nitrogens with zero attached hydrogens (tertiary/aromatic N) is 4. The van der Waals surface area contributed by atoms with E-state index in [9.17, 15) is 0 Å². The second-order valence-corrected chi connectivity index (χ2v) is 4.58. The minimum Gasteiger partial charge on any atom is -0.351 e. The van der Waals surface area contributed by atoms with Gasteiger partial charge in [-0.15, -0.1) is 0 Å². The van der Waals surface area contributed by atoms with Crippen LogP contribution in [-0.4, -0.2) is 36.1 Å². The molecule has 1 aromatic rings. The Morgan fingerprint density at radius 1 is 1.44 bits per heavy atom. The van der Waals surface area contributed by atoms with Crippen LogP contribution in [-0.2, 0) is 0 Å². The van der Waals surface area contributed by atoms with Gasteiger partial charge in [0.05, 0.1) is 0 Å². The summed E-state index contributed by atoms with van der Waals surface area (Å²) in [5.74, 6) is 0.751. The fourth-order valence-electron chi connectivity index (χ4n) is 2.51. The maximum absolute atomic E-state index is 9.12. The molecule has 1 aliphatic rings. The summed E-state index contributed by atoms with van der Waals surface area (Å²) in [6.07, 6.45) is 7.92. The fourth-order valence-corrected chi connectivity index (χ4v) is 2.51. The van der Waals surface area contributed by atoms with Crippen LogP contribution in [0.2, 0.25) is 0 Å². The van der Waals surface area contributed by atoms with Crippen molar-refractivity contribution in [2.75, 3.05) is 25.0 Å². The van der Waals surface area contributed by atoms with Crippen molar-refractivity contribution in [3.8, 4) is 6.07 Å². The molecule has 0 saturated carbocycles. The third kappa shape index (κ3) is 2.77. The second-order valence-electron chi connectivity index (χ2n) is 4.58. The second kappa shape index (κ2) is 6.31. The monoisotopic (exact) mass is 245 g/mol. The number of nitriles is 1. The predicted octanol–water partition coefficient (Wildman–Crippen LogP) is 1.32.